The van der Waals surface area contributed by atoms with Crippen LogP contribution < -0.4 is 4.72 Å². The Morgan fingerprint density at radius 3 is 2.62 bits per heavy atom. The molecule has 4 nitrogen and oxygen atoms in total. The molecule has 0 spiro atoms. The Bertz CT molecular complexity index is 570. The Morgan fingerprint density at radius 1 is 1.38 bits per heavy atom. The van der Waals surface area contributed by atoms with Crippen LogP contribution >= 0.6 is 0 Å². The summed E-state index contributed by atoms with van der Waals surface area (Å²) >= 11 is 0. The zero-order chi connectivity index (χ0) is 15.3. The van der Waals surface area contributed by atoms with Gasteiger partial charge in [-0.25, -0.2) is 17.5 Å². The first-order chi connectivity index (χ1) is 9.99. The highest BCUT2D eigenvalue weighted by atomic mass is 32.2. The lowest BCUT2D eigenvalue weighted by atomic mass is 10.2. The lowest BCUT2D eigenvalue weighted by Crippen LogP contribution is -2.28. The van der Waals surface area contributed by atoms with Crippen LogP contribution in [0.2, 0.25) is 0 Å². The third-order valence-corrected chi connectivity index (χ3v) is 4.81. The molecule has 2 rings (SSSR count). The summed E-state index contributed by atoms with van der Waals surface area (Å²) in [5.74, 6) is -0.0394. The van der Waals surface area contributed by atoms with E-state index in [4.69, 9.17) is 4.74 Å². The molecule has 1 aliphatic carbocycles. The van der Waals surface area contributed by atoms with Crippen LogP contribution in [0.5, 0.6) is 0 Å². The highest BCUT2D eigenvalue weighted by Crippen LogP contribution is 2.30. The largest absolute Gasteiger partial charge is 0.371 e. The Labute approximate surface area is 125 Å². The van der Waals surface area contributed by atoms with Crippen molar-refractivity contribution >= 4 is 10.0 Å². The van der Waals surface area contributed by atoms with Crippen molar-refractivity contribution in [3.8, 4) is 0 Å². The number of halogens is 1. The maximum Gasteiger partial charge on any atom is 0.240 e. The molecule has 0 radical (unpaired) electrons. The van der Waals surface area contributed by atoms with Gasteiger partial charge in [0.2, 0.25) is 10.0 Å². The van der Waals surface area contributed by atoms with Crippen LogP contribution in [0, 0.1) is 5.92 Å². The molecule has 1 aromatic carbocycles. The van der Waals surface area contributed by atoms with Gasteiger partial charge in [0.1, 0.15) is 11.9 Å². The summed E-state index contributed by atoms with van der Waals surface area (Å²) in [7, 11) is -3.56. The molecule has 1 unspecified atom stereocenters. The van der Waals surface area contributed by atoms with Crippen LogP contribution in [-0.2, 0) is 14.8 Å². The van der Waals surface area contributed by atoms with Crippen LogP contribution in [0.15, 0.2) is 47.6 Å². The van der Waals surface area contributed by atoms with Gasteiger partial charge in [0.05, 0.1) is 11.5 Å². The molecule has 21 heavy (non-hydrogen) atoms. The summed E-state index contributed by atoms with van der Waals surface area (Å²) in [6.45, 7) is 3.88. The number of rotatable bonds is 9. The molecule has 0 aromatic heterocycles. The second-order valence-electron chi connectivity index (χ2n) is 5.21. The van der Waals surface area contributed by atoms with Gasteiger partial charge in [-0.2, -0.15) is 0 Å². The average Bonchev–Trinajstić information content (AvgIpc) is 3.27. The van der Waals surface area contributed by atoms with Crippen molar-refractivity contribution in [2.45, 2.75) is 30.3 Å². The summed E-state index contributed by atoms with van der Waals surface area (Å²) in [5.41, 5.74) is 0. The normalized spacial score (nSPS) is 16.6. The first-order valence-corrected chi connectivity index (χ1v) is 8.48. The first kappa shape index (κ1) is 16.1. The van der Waals surface area contributed by atoms with Crippen molar-refractivity contribution in [1.82, 2.24) is 4.72 Å². The van der Waals surface area contributed by atoms with E-state index in [0.29, 0.717) is 12.5 Å². The fraction of sp³-hybridized carbons (Fsp3) is 0.467. The van der Waals surface area contributed by atoms with Crippen LogP contribution in [0.25, 0.3) is 0 Å². The maximum absolute atomic E-state index is 13.3. The predicted molar refractivity (Wildman–Crippen MR) is 79.0 cm³/mol. The number of hydrogen-bond donors (Lipinski definition) is 1. The predicted octanol–water partition coefficient (Wildman–Crippen LogP) is 2.63. The van der Waals surface area contributed by atoms with Crippen LogP contribution in [0.1, 0.15) is 19.3 Å². The van der Waals surface area contributed by atoms with Gasteiger partial charge in [-0.05, 0) is 37.3 Å². The topological polar surface area (TPSA) is 55.4 Å². The fourth-order valence-corrected chi connectivity index (χ4v) is 2.94. The standard InChI is InChI=1S/C15H20FNO3S/c1-12(16)15(20-11-13-7-8-13)9-10-17-21(18,19)14-5-3-2-4-6-14/h2-6,13,15,17H,1,7-11H2. The molecular formula is C15H20FNO3S. The van der Waals surface area contributed by atoms with E-state index < -0.39 is 22.0 Å². The number of benzene rings is 1. The van der Waals surface area contributed by atoms with Gasteiger partial charge in [-0.15, -0.1) is 0 Å². The molecule has 1 atom stereocenters. The molecular weight excluding hydrogens is 293 g/mol. The number of ether oxygens (including phenoxy) is 1. The van der Waals surface area contributed by atoms with Gasteiger partial charge < -0.3 is 4.74 Å². The zero-order valence-corrected chi connectivity index (χ0v) is 12.6. The lowest BCUT2D eigenvalue weighted by molar-refractivity contribution is 0.0513. The summed E-state index contributed by atoms with van der Waals surface area (Å²) in [5, 5.41) is 0. The lowest BCUT2D eigenvalue weighted by Gasteiger charge is -2.16. The van der Waals surface area contributed by atoms with Crippen molar-refractivity contribution < 1.29 is 17.5 Å². The Kier molecular flexibility index (Phi) is 5.50. The summed E-state index contributed by atoms with van der Waals surface area (Å²) < 4.78 is 45.2. The van der Waals surface area contributed by atoms with Gasteiger partial charge in [0, 0.05) is 6.54 Å². The maximum atomic E-state index is 13.3. The molecule has 0 amide bonds. The molecule has 0 heterocycles. The van der Waals surface area contributed by atoms with Gasteiger partial charge in [-0.1, -0.05) is 24.8 Å². The van der Waals surface area contributed by atoms with Crippen LogP contribution in [0.3, 0.4) is 0 Å². The van der Waals surface area contributed by atoms with E-state index >= 15 is 0 Å². The smallest absolute Gasteiger partial charge is 0.240 e. The Balaban J connectivity index is 1.82. The van der Waals surface area contributed by atoms with Gasteiger partial charge in [0.25, 0.3) is 0 Å². The third-order valence-electron chi connectivity index (χ3n) is 3.33. The Morgan fingerprint density at radius 2 is 2.05 bits per heavy atom. The van der Waals surface area contributed by atoms with E-state index in [1.54, 1.807) is 18.2 Å². The number of sulfonamides is 1. The van der Waals surface area contributed by atoms with Gasteiger partial charge in [-0.3, -0.25) is 0 Å². The zero-order valence-electron chi connectivity index (χ0n) is 11.8. The van der Waals surface area contributed by atoms with E-state index in [1.807, 2.05) is 0 Å². The van der Waals surface area contributed by atoms with Crippen molar-refractivity contribution in [3.05, 3.63) is 42.7 Å². The van der Waals surface area contributed by atoms with E-state index in [2.05, 4.69) is 11.3 Å². The molecule has 1 N–H and O–H groups in total. The van der Waals surface area contributed by atoms with Crippen molar-refractivity contribution in [2.75, 3.05) is 13.2 Å². The van der Waals surface area contributed by atoms with E-state index in [-0.39, 0.29) is 17.9 Å². The van der Waals surface area contributed by atoms with Gasteiger partial charge >= 0.3 is 0 Å². The number of nitrogens with one attached hydrogen (secondary N) is 1. The second-order valence-corrected chi connectivity index (χ2v) is 6.98. The van der Waals surface area contributed by atoms with Gasteiger partial charge in [0.15, 0.2) is 0 Å². The monoisotopic (exact) mass is 313 g/mol. The minimum atomic E-state index is -3.56. The minimum absolute atomic E-state index is 0.107. The molecule has 116 valence electrons. The summed E-state index contributed by atoms with van der Waals surface area (Å²) in [6.07, 6.45) is 1.72. The van der Waals surface area contributed by atoms with Crippen LogP contribution in [0.4, 0.5) is 4.39 Å². The quantitative estimate of drug-likeness (QED) is 0.762. The molecule has 0 aliphatic heterocycles. The SMILES string of the molecule is C=C(F)C(CCNS(=O)(=O)c1ccccc1)OCC1CC1. The highest BCUT2D eigenvalue weighted by molar-refractivity contribution is 7.89. The molecule has 1 aliphatic rings. The van der Waals surface area contributed by atoms with Crippen molar-refractivity contribution in [2.24, 2.45) is 5.92 Å². The molecule has 1 fully saturated rings. The summed E-state index contributed by atoms with van der Waals surface area (Å²) in [4.78, 5) is 0.194. The Hall–Kier alpha value is -1.24. The fourth-order valence-electron chi connectivity index (χ4n) is 1.87. The molecule has 6 heteroatoms. The second kappa shape index (κ2) is 7.15. The molecule has 1 saturated carbocycles. The average molecular weight is 313 g/mol. The first-order valence-electron chi connectivity index (χ1n) is 6.99. The molecule has 1 aromatic rings. The van der Waals surface area contributed by atoms with Crippen molar-refractivity contribution in [1.29, 1.82) is 0 Å². The van der Waals surface area contributed by atoms with Crippen molar-refractivity contribution in [3.63, 3.8) is 0 Å². The molecule has 0 saturated heterocycles. The third kappa shape index (κ3) is 5.22. The van der Waals surface area contributed by atoms with E-state index in [1.165, 1.54) is 12.1 Å². The van der Waals surface area contributed by atoms with Crippen LogP contribution in [-0.4, -0.2) is 27.7 Å². The molecule has 0 bridgehead atoms. The van der Waals surface area contributed by atoms with E-state index in [9.17, 15) is 12.8 Å². The van der Waals surface area contributed by atoms with E-state index in [0.717, 1.165) is 12.8 Å². The minimum Gasteiger partial charge on any atom is -0.371 e. The highest BCUT2D eigenvalue weighted by Gasteiger charge is 2.24. The number of hydrogen-bond acceptors (Lipinski definition) is 3. The summed E-state index contributed by atoms with van der Waals surface area (Å²) in [6, 6.07) is 8.07.